The first-order valence-electron chi connectivity index (χ1n) is 4.21. The van der Waals surface area contributed by atoms with E-state index in [1.807, 2.05) is 6.20 Å². The van der Waals surface area contributed by atoms with Gasteiger partial charge in [0, 0.05) is 12.7 Å². The summed E-state index contributed by atoms with van der Waals surface area (Å²) in [6.07, 6.45) is 4.44. The Morgan fingerprint density at radius 2 is 2.31 bits per heavy atom. The third-order valence-electron chi connectivity index (χ3n) is 2.28. The lowest BCUT2D eigenvalue weighted by Gasteiger charge is -2.07. The van der Waals surface area contributed by atoms with E-state index in [4.69, 9.17) is 0 Å². The average molecular weight is 201 g/mol. The van der Waals surface area contributed by atoms with Gasteiger partial charge in [-0.1, -0.05) is 0 Å². The third-order valence-corrected chi connectivity index (χ3v) is 2.28. The van der Waals surface area contributed by atoms with Crippen molar-refractivity contribution >= 4 is 12.4 Å². The van der Waals surface area contributed by atoms with Crippen LogP contribution >= 0.6 is 12.4 Å². The molecule has 0 amide bonds. The first-order chi connectivity index (χ1) is 5.86. The summed E-state index contributed by atoms with van der Waals surface area (Å²) in [7, 11) is 0. The van der Waals surface area contributed by atoms with Crippen molar-refractivity contribution in [1.82, 2.24) is 10.3 Å². The maximum Gasteiger partial charge on any atom is 0.134 e. The Morgan fingerprint density at radius 1 is 1.46 bits per heavy atom. The van der Waals surface area contributed by atoms with Crippen molar-refractivity contribution in [3.05, 3.63) is 24.0 Å². The van der Waals surface area contributed by atoms with E-state index in [0.29, 0.717) is 5.92 Å². The van der Waals surface area contributed by atoms with Crippen molar-refractivity contribution in [2.45, 2.75) is 12.3 Å². The second kappa shape index (κ2) is 4.44. The highest BCUT2D eigenvalue weighted by molar-refractivity contribution is 5.85. The molecule has 1 fully saturated rings. The first-order valence-corrected chi connectivity index (χ1v) is 4.21. The molecule has 0 spiro atoms. The minimum absolute atomic E-state index is 0. The molecule has 1 atom stereocenters. The van der Waals surface area contributed by atoms with Gasteiger partial charge >= 0.3 is 0 Å². The molecule has 1 aliphatic heterocycles. The summed E-state index contributed by atoms with van der Waals surface area (Å²) in [5.74, 6) is 0.795. The zero-order valence-corrected chi connectivity index (χ0v) is 8.05. The zero-order valence-electron chi connectivity index (χ0n) is 7.23. The lowest BCUT2D eigenvalue weighted by atomic mass is 10.0. The maximum atomic E-state index is 9.19. The van der Waals surface area contributed by atoms with Gasteiger partial charge in [0.15, 0.2) is 0 Å². The van der Waals surface area contributed by atoms with Crippen LogP contribution in [0.5, 0.6) is 5.75 Å². The number of halogens is 1. The van der Waals surface area contributed by atoms with Crippen molar-refractivity contribution in [2.75, 3.05) is 13.1 Å². The molecule has 2 heterocycles. The second-order valence-electron chi connectivity index (χ2n) is 3.17. The van der Waals surface area contributed by atoms with Crippen LogP contribution in [-0.4, -0.2) is 23.2 Å². The fourth-order valence-electron chi connectivity index (χ4n) is 1.61. The number of nitrogens with one attached hydrogen (secondary N) is 1. The van der Waals surface area contributed by atoms with Gasteiger partial charge in [-0.15, -0.1) is 12.4 Å². The molecule has 0 aromatic carbocycles. The van der Waals surface area contributed by atoms with Crippen LogP contribution in [0.4, 0.5) is 0 Å². The van der Waals surface area contributed by atoms with Crippen molar-refractivity contribution in [3.63, 3.8) is 0 Å². The molecule has 0 saturated carbocycles. The summed E-state index contributed by atoms with van der Waals surface area (Å²) >= 11 is 0. The van der Waals surface area contributed by atoms with Crippen LogP contribution in [0.2, 0.25) is 0 Å². The molecule has 1 aliphatic rings. The van der Waals surface area contributed by atoms with Gasteiger partial charge in [-0.2, -0.15) is 0 Å². The average Bonchev–Trinajstić information content (AvgIpc) is 2.56. The summed E-state index contributed by atoms with van der Waals surface area (Å²) in [5, 5.41) is 12.5. The minimum Gasteiger partial charge on any atom is -0.506 e. The number of rotatable bonds is 1. The largest absolute Gasteiger partial charge is 0.506 e. The number of aromatic nitrogens is 1. The van der Waals surface area contributed by atoms with Crippen molar-refractivity contribution in [2.24, 2.45) is 0 Å². The van der Waals surface area contributed by atoms with Gasteiger partial charge in [0.1, 0.15) is 5.75 Å². The molecule has 0 bridgehead atoms. The Balaban J connectivity index is 0.000000845. The molecule has 1 aromatic heterocycles. The van der Waals surface area contributed by atoms with E-state index >= 15 is 0 Å². The highest BCUT2D eigenvalue weighted by Gasteiger charge is 2.16. The molecule has 1 saturated heterocycles. The van der Waals surface area contributed by atoms with Gasteiger partial charge in [-0.05, 0) is 30.5 Å². The summed E-state index contributed by atoms with van der Waals surface area (Å²) in [4.78, 5) is 3.95. The number of aromatic hydroxyl groups is 1. The lowest BCUT2D eigenvalue weighted by Crippen LogP contribution is -2.07. The van der Waals surface area contributed by atoms with Crippen LogP contribution in [-0.2, 0) is 0 Å². The molecular formula is C9H13ClN2O. The molecular weight excluding hydrogens is 188 g/mol. The Kier molecular flexibility index (Phi) is 3.51. The molecule has 1 unspecified atom stereocenters. The van der Waals surface area contributed by atoms with Crippen LogP contribution in [0.25, 0.3) is 0 Å². The van der Waals surface area contributed by atoms with E-state index in [9.17, 15) is 5.11 Å². The first kappa shape index (κ1) is 10.3. The molecule has 4 heteroatoms. The highest BCUT2D eigenvalue weighted by atomic mass is 35.5. The molecule has 2 rings (SSSR count). The van der Waals surface area contributed by atoms with E-state index < -0.39 is 0 Å². The molecule has 13 heavy (non-hydrogen) atoms. The minimum atomic E-state index is 0. The molecule has 1 aromatic rings. The summed E-state index contributed by atoms with van der Waals surface area (Å²) in [6.45, 7) is 2.07. The van der Waals surface area contributed by atoms with Crippen LogP contribution in [0.3, 0.4) is 0 Å². The summed E-state index contributed by atoms with van der Waals surface area (Å²) in [6, 6.07) is 1.80. The molecule has 0 radical (unpaired) electrons. The van der Waals surface area contributed by atoms with Gasteiger partial charge < -0.3 is 10.4 Å². The molecule has 2 N–H and O–H groups in total. The third kappa shape index (κ3) is 2.32. The van der Waals surface area contributed by atoms with Crippen molar-refractivity contribution < 1.29 is 5.11 Å². The fourth-order valence-corrected chi connectivity index (χ4v) is 1.61. The normalized spacial score (nSPS) is 21.1. The SMILES string of the molecule is Cl.Oc1cncc(C2CCNC2)c1. The predicted octanol–water partition coefficient (Wildman–Crippen LogP) is 1.29. The molecule has 72 valence electrons. The predicted molar refractivity (Wildman–Crippen MR) is 53.4 cm³/mol. The molecule has 3 nitrogen and oxygen atoms in total. The van der Waals surface area contributed by atoms with Crippen molar-refractivity contribution in [1.29, 1.82) is 0 Å². The van der Waals surface area contributed by atoms with Gasteiger partial charge in [-0.3, -0.25) is 4.98 Å². The van der Waals surface area contributed by atoms with Gasteiger partial charge in [-0.25, -0.2) is 0 Å². The van der Waals surface area contributed by atoms with Gasteiger partial charge in [0.05, 0.1) is 6.20 Å². The van der Waals surface area contributed by atoms with E-state index in [1.165, 1.54) is 6.20 Å². The van der Waals surface area contributed by atoms with E-state index in [0.717, 1.165) is 25.1 Å². The quantitative estimate of drug-likeness (QED) is 0.718. The van der Waals surface area contributed by atoms with E-state index in [-0.39, 0.29) is 18.2 Å². The van der Waals surface area contributed by atoms with Gasteiger partial charge in [0.2, 0.25) is 0 Å². The number of hydrogen-bond donors (Lipinski definition) is 2. The number of nitrogens with zero attached hydrogens (tertiary/aromatic N) is 1. The Hall–Kier alpha value is -0.800. The monoisotopic (exact) mass is 200 g/mol. The van der Waals surface area contributed by atoms with Crippen LogP contribution in [0, 0.1) is 0 Å². The zero-order chi connectivity index (χ0) is 8.39. The Labute approximate surface area is 83.6 Å². The molecule has 0 aliphatic carbocycles. The standard InChI is InChI=1S/C9H12N2O.ClH/c12-9-3-8(5-11-6-9)7-1-2-10-4-7;/h3,5-7,10,12H,1-2,4H2;1H. The van der Waals surface area contributed by atoms with Crippen LogP contribution in [0.15, 0.2) is 18.5 Å². The van der Waals surface area contributed by atoms with E-state index in [2.05, 4.69) is 10.3 Å². The maximum absolute atomic E-state index is 9.19. The lowest BCUT2D eigenvalue weighted by molar-refractivity contribution is 0.471. The Morgan fingerprint density at radius 3 is 2.92 bits per heavy atom. The fraction of sp³-hybridized carbons (Fsp3) is 0.444. The summed E-state index contributed by atoms with van der Waals surface area (Å²) < 4.78 is 0. The smallest absolute Gasteiger partial charge is 0.134 e. The van der Waals surface area contributed by atoms with Crippen molar-refractivity contribution in [3.8, 4) is 5.75 Å². The second-order valence-corrected chi connectivity index (χ2v) is 3.17. The topological polar surface area (TPSA) is 45.2 Å². The highest BCUT2D eigenvalue weighted by Crippen LogP contribution is 2.23. The van der Waals surface area contributed by atoms with Crippen LogP contribution < -0.4 is 5.32 Å². The van der Waals surface area contributed by atoms with Crippen LogP contribution in [0.1, 0.15) is 17.9 Å². The number of pyridine rings is 1. The van der Waals surface area contributed by atoms with Gasteiger partial charge in [0.25, 0.3) is 0 Å². The number of hydrogen-bond acceptors (Lipinski definition) is 3. The Bertz CT molecular complexity index is 274. The van der Waals surface area contributed by atoms with E-state index in [1.54, 1.807) is 6.07 Å². The summed E-state index contributed by atoms with van der Waals surface area (Å²) in [5.41, 5.74) is 1.14.